The molecule has 104 valence electrons. The summed E-state index contributed by atoms with van der Waals surface area (Å²) in [6, 6.07) is 0. The summed E-state index contributed by atoms with van der Waals surface area (Å²) in [6.07, 6.45) is -0.612. The third-order valence-electron chi connectivity index (χ3n) is 1.53. The monoisotopic (exact) mass is 278 g/mol. The Hall–Kier alpha value is 1.10. The number of ether oxygens (including phenoxy) is 2. The Kier molecular flexibility index (Phi) is 23.3. The fourth-order valence-electron chi connectivity index (χ4n) is 0.710. The van der Waals surface area contributed by atoms with Gasteiger partial charge in [0.2, 0.25) is 0 Å². The van der Waals surface area contributed by atoms with Gasteiger partial charge < -0.3 is 22.5 Å². The minimum Gasteiger partial charge on any atom is -1.00 e. The molecule has 0 aliphatic heterocycles. The molecule has 2 unspecified atom stereocenters. The number of aliphatic hydroxyl groups excluding tert-OH is 2. The van der Waals surface area contributed by atoms with Crippen molar-refractivity contribution in [2.75, 3.05) is 26.4 Å². The van der Waals surface area contributed by atoms with Crippen LogP contribution in [0.5, 0.6) is 0 Å². The van der Waals surface area contributed by atoms with E-state index in [9.17, 15) is 0 Å². The Morgan fingerprint density at radius 2 is 1.65 bits per heavy atom. The van der Waals surface area contributed by atoms with Crippen LogP contribution in [-0.4, -0.2) is 86.6 Å². The van der Waals surface area contributed by atoms with Gasteiger partial charge in [-0.15, -0.1) is 0 Å². The van der Waals surface area contributed by atoms with Crippen LogP contribution in [0.25, 0.3) is 0 Å². The van der Waals surface area contributed by atoms with E-state index < -0.39 is 6.10 Å². The normalized spacial score (nSPS) is 13.4. The van der Waals surface area contributed by atoms with Crippen LogP contribution in [0.1, 0.15) is 37.5 Å². The summed E-state index contributed by atoms with van der Waals surface area (Å²) in [5, 5.41) is 17.1. The van der Waals surface area contributed by atoms with Crippen LogP contribution in [0.4, 0.5) is 0 Å². The molecule has 0 heterocycles. The Morgan fingerprint density at radius 3 is 1.88 bits per heavy atom. The fraction of sp³-hybridized carbons (Fsp3) is 1.00. The second-order valence-electron chi connectivity index (χ2n) is 4.23. The zero-order chi connectivity index (χ0) is 13.0. The summed E-state index contributed by atoms with van der Waals surface area (Å²) >= 11 is 0. The molecule has 0 aromatic rings. The van der Waals surface area contributed by atoms with Crippen molar-refractivity contribution in [3.8, 4) is 0 Å². The molecule has 2 atom stereocenters. The first kappa shape index (κ1) is 23.2. The van der Waals surface area contributed by atoms with Crippen molar-refractivity contribution in [3.63, 3.8) is 0 Å². The maximum atomic E-state index is 8.69. The van der Waals surface area contributed by atoms with Gasteiger partial charge >= 0.3 is 37.7 Å². The largest absolute Gasteiger partial charge is 2.00 e. The molecule has 0 aromatic heterocycles. The van der Waals surface area contributed by atoms with Gasteiger partial charge in [0.05, 0.1) is 25.4 Å². The molecule has 0 aliphatic carbocycles. The van der Waals surface area contributed by atoms with E-state index in [4.69, 9.17) is 19.7 Å². The van der Waals surface area contributed by atoms with E-state index in [1.165, 1.54) is 0 Å². The number of rotatable bonds is 7. The van der Waals surface area contributed by atoms with Gasteiger partial charge in [-0.2, -0.15) is 0 Å². The summed E-state index contributed by atoms with van der Waals surface area (Å²) in [7, 11) is 0. The summed E-state index contributed by atoms with van der Waals surface area (Å²) in [5.74, 6) is 0.681. The van der Waals surface area contributed by atoms with Crippen molar-refractivity contribution >= 4 is 37.7 Å². The van der Waals surface area contributed by atoms with E-state index in [-0.39, 0.29) is 53.3 Å². The smallest absolute Gasteiger partial charge is 1.00 e. The van der Waals surface area contributed by atoms with E-state index in [1.54, 1.807) is 13.8 Å². The predicted octanol–water partition coefficient (Wildman–Crippen LogP) is 1.29. The van der Waals surface area contributed by atoms with Crippen molar-refractivity contribution in [2.24, 2.45) is 5.92 Å². The van der Waals surface area contributed by atoms with Gasteiger partial charge in [0, 0.05) is 13.2 Å². The van der Waals surface area contributed by atoms with Crippen LogP contribution in [0.2, 0.25) is 0 Å². The minimum absolute atomic E-state index is 0. The summed E-state index contributed by atoms with van der Waals surface area (Å²) < 4.78 is 10.0. The van der Waals surface area contributed by atoms with Gasteiger partial charge in [0.1, 0.15) is 0 Å². The quantitative estimate of drug-likeness (QED) is 0.689. The Bertz CT molecular complexity index is 141. The second kappa shape index (κ2) is 17.1. The van der Waals surface area contributed by atoms with E-state index in [0.717, 1.165) is 13.2 Å². The van der Waals surface area contributed by atoms with Gasteiger partial charge in [-0.3, -0.25) is 0 Å². The van der Waals surface area contributed by atoms with Crippen molar-refractivity contribution < 1.29 is 22.5 Å². The van der Waals surface area contributed by atoms with E-state index in [2.05, 4.69) is 13.8 Å². The van der Waals surface area contributed by atoms with Gasteiger partial charge in [-0.25, -0.2) is 0 Å². The first-order valence-corrected chi connectivity index (χ1v) is 5.92. The average Bonchev–Trinajstić information content (AvgIpc) is 2.23. The molecule has 17 heavy (non-hydrogen) atoms. The third kappa shape index (κ3) is 26.6. The summed E-state index contributed by atoms with van der Waals surface area (Å²) in [4.78, 5) is 0. The first-order chi connectivity index (χ1) is 7.43. The first-order valence-electron chi connectivity index (χ1n) is 5.92. The Morgan fingerprint density at radius 1 is 1.12 bits per heavy atom. The fourth-order valence-corrected chi connectivity index (χ4v) is 0.710. The SMILES string of the molecule is CC(O)COC(C)CO.CCOCC(C)C.[Ca+2].[H-].[H-]. The number of hydrogen-bond acceptors (Lipinski definition) is 4. The third-order valence-corrected chi connectivity index (χ3v) is 1.53. The van der Waals surface area contributed by atoms with Crippen LogP contribution >= 0.6 is 0 Å². The molecule has 2 N–H and O–H groups in total. The van der Waals surface area contributed by atoms with E-state index in [0.29, 0.717) is 12.5 Å². The van der Waals surface area contributed by atoms with E-state index in [1.807, 2.05) is 6.92 Å². The van der Waals surface area contributed by atoms with Gasteiger partial charge in [-0.05, 0) is 26.7 Å². The predicted molar refractivity (Wildman–Crippen MR) is 73.5 cm³/mol. The molecule has 0 fully saturated rings. The molecule has 5 heteroatoms. The van der Waals surface area contributed by atoms with Crippen LogP contribution in [0, 0.1) is 5.92 Å². The van der Waals surface area contributed by atoms with Crippen LogP contribution < -0.4 is 0 Å². The molecule has 0 spiro atoms. The van der Waals surface area contributed by atoms with Crippen LogP contribution in [0.15, 0.2) is 0 Å². The van der Waals surface area contributed by atoms with Crippen molar-refractivity contribution in [3.05, 3.63) is 0 Å². The molecule has 4 nitrogen and oxygen atoms in total. The molecule has 0 bridgehead atoms. The maximum Gasteiger partial charge on any atom is 2.00 e. The minimum atomic E-state index is -0.445. The second-order valence-corrected chi connectivity index (χ2v) is 4.23. The zero-order valence-corrected chi connectivity index (χ0v) is 14.2. The zero-order valence-electron chi connectivity index (χ0n) is 14.0. The molecule has 0 aliphatic rings. The van der Waals surface area contributed by atoms with Crippen molar-refractivity contribution in [1.29, 1.82) is 0 Å². The van der Waals surface area contributed by atoms with Gasteiger partial charge in [0.25, 0.3) is 0 Å². The number of aliphatic hydroxyl groups is 2. The molecular formula is C12H30CaO4. The van der Waals surface area contributed by atoms with Crippen LogP contribution in [-0.2, 0) is 9.47 Å². The Balaban J connectivity index is -0.0000000607. The average molecular weight is 278 g/mol. The summed E-state index contributed by atoms with van der Waals surface area (Å²) in [6.45, 7) is 11.8. The maximum absolute atomic E-state index is 8.69. The van der Waals surface area contributed by atoms with Gasteiger partial charge in [-0.1, -0.05) is 13.8 Å². The standard InChI is InChI=1S/C6H14O3.C6H14O.Ca.2H/c1-5(8)4-9-6(2)3-7;1-4-7-5-6(2)3;;;/h5-8H,3-4H2,1-2H3;6H,4-5H2,1-3H3;;;/q;;+2;2*-1. The van der Waals surface area contributed by atoms with Gasteiger partial charge in [0.15, 0.2) is 0 Å². The molecule has 0 radical (unpaired) electrons. The molecule has 0 aromatic carbocycles. The van der Waals surface area contributed by atoms with Crippen molar-refractivity contribution in [1.82, 2.24) is 0 Å². The summed E-state index contributed by atoms with van der Waals surface area (Å²) in [5.41, 5.74) is 0. The van der Waals surface area contributed by atoms with Crippen molar-refractivity contribution in [2.45, 2.75) is 46.8 Å². The molecule has 0 amide bonds. The van der Waals surface area contributed by atoms with Crippen LogP contribution in [0.3, 0.4) is 0 Å². The topological polar surface area (TPSA) is 58.9 Å². The Labute approximate surface area is 139 Å². The molecule has 0 rings (SSSR count). The molecule has 0 saturated carbocycles. The number of hydrogen-bond donors (Lipinski definition) is 2. The molecule has 0 saturated heterocycles. The molecular weight excluding hydrogens is 248 g/mol. The van der Waals surface area contributed by atoms with E-state index >= 15 is 0 Å².